The molecule has 7 heteroatoms. The van der Waals surface area contributed by atoms with Crippen molar-refractivity contribution in [3.63, 3.8) is 0 Å². The third-order valence-corrected chi connectivity index (χ3v) is 3.86. The Balaban J connectivity index is 2.05. The van der Waals surface area contributed by atoms with Crippen LogP contribution in [0.2, 0.25) is 5.02 Å². The smallest absolute Gasteiger partial charge is 0.267 e. The molecule has 0 unspecified atom stereocenters. The summed E-state index contributed by atoms with van der Waals surface area (Å²) in [5, 5.41) is 3.11. The summed E-state index contributed by atoms with van der Waals surface area (Å²) in [6.45, 7) is 5.97. The van der Waals surface area contributed by atoms with E-state index in [0.717, 1.165) is 0 Å². The fourth-order valence-electron chi connectivity index (χ4n) is 2.42. The molecule has 0 saturated carbocycles. The molecule has 5 nitrogen and oxygen atoms in total. The summed E-state index contributed by atoms with van der Waals surface area (Å²) < 4.78 is 13.6. The highest BCUT2D eigenvalue weighted by molar-refractivity contribution is 6.31. The van der Waals surface area contributed by atoms with Crippen LogP contribution in [0.25, 0.3) is 0 Å². The second kappa shape index (κ2) is 8.97. The number of rotatable bonds is 6. The topological polar surface area (TPSA) is 70.2 Å². The SMILES string of the molecule is CC(C)(C)CC(=O)Nc1ccc(Cl)cc1C(=O)NNCc1ccccc1F. The second-order valence-electron chi connectivity index (χ2n) is 7.37. The number of hydrogen-bond acceptors (Lipinski definition) is 3. The Morgan fingerprint density at radius 2 is 1.81 bits per heavy atom. The second-order valence-corrected chi connectivity index (χ2v) is 7.81. The van der Waals surface area contributed by atoms with Gasteiger partial charge in [0, 0.05) is 23.6 Å². The summed E-state index contributed by atoms with van der Waals surface area (Å²) in [5.41, 5.74) is 5.99. The van der Waals surface area contributed by atoms with E-state index in [-0.39, 0.29) is 29.2 Å². The Hall–Kier alpha value is -2.44. The summed E-state index contributed by atoms with van der Waals surface area (Å²) in [6, 6.07) is 10.9. The number of nitrogens with one attached hydrogen (secondary N) is 3. The van der Waals surface area contributed by atoms with Gasteiger partial charge in [-0.05, 0) is 29.7 Å². The van der Waals surface area contributed by atoms with Crippen molar-refractivity contribution in [3.05, 3.63) is 64.4 Å². The Kier molecular flexibility index (Phi) is 6.93. The quantitative estimate of drug-likeness (QED) is 0.643. The highest BCUT2D eigenvalue weighted by Crippen LogP contribution is 2.23. The zero-order valence-electron chi connectivity index (χ0n) is 15.5. The number of carbonyl (C=O) groups is 2. The highest BCUT2D eigenvalue weighted by Gasteiger charge is 2.19. The lowest BCUT2D eigenvalue weighted by molar-refractivity contribution is -0.117. The van der Waals surface area contributed by atoms with Gasteiger partial charge in [0.05, 0.1) is 11.3 Å². The third kappa shape index (κ3) is 6.66. The zero-order chi connectivity index (χ0) is 20.0. The van der Waals surface area contributed by atoms with Crippen LogP contribution in [0, 0.1) is 11.2 Å². The number of carbonyl (C=O) groups excluding carboxylic acids is 2. The van der Waals surface area contributed by atoms with Crippen molar-refractivity contribution in [2.24, 2.45) is 5.41 Å². The van der Waals surface area contributed by atoms with Crippen molar-refractivity contribution in [1.82, 2.24) is 10.9 Å². The van der Waals surface area contributed by atoms with Gasteiger partial charge in [-0.15, -0.1) is 0 Å². The summed E-state index contributed by atoms with van der Waals surface area (Å²) in [4.78, 5) is 24.7. The third-order valence-electron chi connectivity index (χ3n) is 3.63. The lowest BCUT2D eigenvalue weighted by atomic mass is 9.92. The van der Waals surface area contributed by atoms with Gasteiger partial charge in [0.15, 0.2) is 0 Å². The first-order valence-corrected chi connectivity index (χ1v) is 8.89. The molecule has 0 aliphatic heterocycles. The van der Waals surface area contributed by atoms with Crippen molar-refractivity contribution in [1.29, 1.82) is 0 Å². The number of hydrogen-bond donors (Lipinski definition) is 3. The Labute approximate surface area is 163 Å². The molecular formula is C20H23ClFN3O2. The van der Waals surface area contributed by atoms with E-state index in [1.807, 2.05) is 20.8 Å². The molecule has 0 fully saturated rings. The molecule has 144 valence electrons. The molecule has 3 N–H and O–H groups in total. The minimum Gasteiger partial charge on any atom is -0.325 e. The summed E-state index contributed by atoms with van der Waals surface area (Å²) in [6.07, 6.45) is 0.308. The van der Waals surface area contributed by atoms with Crippen molar-refractivity contribution in [2.75, 3.05) is 5.32 Å². The highest BCUT2D eigenvalue weighted by atomic mass is 35.5. The minimum atomic E-state index is -0.486. The van der Waals surface area contributed by atoms with Gasteiger partial charge >= 0.3 is 0 Å². The van der Waals surface area contributed by atoms with Crippen molar-refractivity contribution in [2.45, 2.75) is 33.7 Å². The molecule has 2 aromatic carbocycles. The zero-order valence-corrected chi connectivity index (χ0v) is 16.3. The van der Waals surface area contributed by atoms with Crippen LogP contribution in [0.15, 0.2) is 42.5 Å². The minimum absolute atomic E-state index is 0.116. The molecular weight excluding hydrogens is 369 g/mol. The number of anilines is 1. The predicted octanol–water partition coefficient (Wildman–Crippen LogP) is 4.29. The molecule has 2 rings (SSSR count). The van der Waals surface area contributed by atoms with Gasteiger partial charge in [-0.25, -0.2) is 9.82 Å². The Morgan fingerprint density at radius 3 is 2.48 bits per heavy atom. The van der Waals surface area contributed by atoms with Crippen LogP contribution in [0.5, 0.6) is 0 Å². The molecule has 0 saturated heterocycles. The first kappa shape index (κ1) is 20.9. The van der Waals surface area contributed by atoms with Gasteiger partial charge in [0.25, 0.3) is 5.91 Å². The van der Waals surface area contributed by atoms with Gasteiger partial charge in [0.2, 0.25) is 5.91 Å². The van der Waals surface area contributed by atoms with Gasteiger partial charge in [-0.3, -0.25) is 15.0 Å². The van der Waals surface area contributed by atoms with E-state index in [2.05, 4.69) is 16.2 Å². The van der Waals surface area contributed by atoms with Gasteiger partial charge < -0.3 is 5.32 Å². The predicted molar refractivity (Wildman–Crippen MR) is 105 cm³/mol. The maximum absolute atomic E-state index is 13.6. The van der Waals surface area contributed by atoms with E-state index >= 15 is 0 Å². The summed E-state index contributed by atoms with van der Waals surface area (Å²) >= 11 is 5.99. The number of benzene rings is 2. The van der Waals surface area contributed by atoms with E-state index in [0.29, 0.717) is 22.7 Å². The molecule has 0 aliphatic rings. The molecule has 2 aromatic rings. The molecule has 0 heterocycles. The standard InChI is InChI=1S/C20H23ClFN3O2/c1-20(2,3)11-18(26)24-17-9-8-14(21)10-15(17)19(27)25-23-12-13-6-4-5-7-16(13)22/h4-10,23H,11-12H2,1-3H3,(H,24,26)(H,25,27). The molecule has 0 aromatic heterocycles. The largest absolute Gasteiger partial charge is 0.325 e. The van der Waals surface area contributed by atoms with E-state index in [1.165, 1.54) is 12.1 Å². The molecule has 0 spiro atoms. The van der Waals surface area contributed by atoms with Crippen LogP contribution < -0.4 is 16.2 Å². The molecule has 0 bridgehead atoms. The van der Waals surface area contributed by atoms with E-state index in [1.54, 1.807) is 30.3 Å². The molecule has 0 radical (unpaired) electrons. The van der Waals surface area contributed by atoms with E-state index < -0.39 is 5.91 Å². The van der Waals surface area contributed by atoms with E-state index in [4.69, 9.17) is 11.6 Å². The number of amides is 2. The fraction of sp³-hybridized carbons (Fsp3) is 0.300. The molecule has 27 heavy (non-hydrogen) atoms. The maximum Gasteiger partial charge on any atom is 0.267 e. The van der Waals surface area contributed by atoms with E-state index in [9.17, 15) is 14.0 Å². The van der Waals surface area contributed by atoms with Gasteiger partial charge in [-0.1, -0.05) is 50.6 Å². The maximum atomic E-state index is 13.6. The Bertz CT molecular complexity index is 834. The van der Waals surface area contributed by atoms with Crippen LogP contribution in [0.4, 0.5) is 10.1 Å². The normalized spacial score (nSPS) is 11.1. The molecule has 0 aliphatic carbocycles. The van der Waals surface area contributed by atoms with Crippen LogP contribution >= 0.6 is 11.6 Å². The van der Waals surface area contributed by atoms with Crippen LogP contribution in [-0.4, -0.2) is 11.8 Å². The number of halogens is 2. The summed E-state index contributed by atoms with van der Waals surface area (Å²) in [5.74, 6) is -1.05. The monoisotopic (exact) mass is 391 g/mol. The average molecular weight is 392 g/mol. The van der Waals surface area contributed by atoms with Gasteiger partial charge in [0.1, 0.15) is 5.82 Å². The molecule has 0 atom stereocenters. The van der Waals surface area contributed by atoms with Crippen LogP contribution in [-0.2, 0) is 11.3 Å². The van der Waals surface area contributed by atoms with Crippen LogP contribution in [0.3, 0.4) is 0 Å². The molecule has 2 amide bonds. The van der Waals surface area contributed by atoms with Gasteiger partial charge in [-0.2, -0.15) is 0 Å². The summed E-state index contributed by atoms with van der Waals surface area (Å²) in [7, 11) is 0. The Morgan fingerprint density at radius 1 is 1.11 bits per heavy atom. The van der Waals surface area contributed by atoms with Crippen molar-refractivity contribution >= 4 is 29.1 Å². The first-order valence-electron chi connectivity index (χ1n) is 8.52. The van der Waals surface area contributed by atoms with Crippen LogP contribution in [0.1, 0.15) is 43.1 Å². The lowest BCUT2D eigenvalue weighted by Crippen LogP contribution is -2.37. The number of hydrazine groups is 1. The van der Waals surface area contributed by atoms with Crippen molar-refractivity contribution < 1.29 is 14.0 Å². The average Bonchev–Trinajstić information content (AvgIpc) is 2.56. The fourth-order valence-corrected chi connectivity index (χ4v) is 2.59. The first-order chi connectivity index (χ1) is 12.7. The van der Waals surface area contributed by atoms with Crippen molar-refractivity contribution in [3.8, 4) is 0 Å². The lowest BCUT2D eigenvalue weighted by Gasteiger charge is -2.18.